The Labute approximate surface area is 334 Å². The molecule has 0 saturated heterocycles. The molecule has 0 N–H and O–H groups in total. The van der Waals surface area contributed by atoms with Crippen molar-refractivity contribution in [3.8, 4) is 22.3 Å². The van der Waals surface area contributed by atoms with Gasteiger partial charge in [0.25, 0.3) is 0 Å². The van der Waals surface area contributed by atoms with Crippen LogP contribution in [0.2, 0.25) is 0 Å². The molecule has 1 aliphatic carbocycles. The minimum atomic E-state index is 0.149. The first-order valence-electron chi connectivity index (χ1n) is 19.8. The van der Waals surface area contributed by atoms with Crippen molar-refractivity contribution in [2.24, 2.45) is 0 Å². The maximum absolute atomic E-state index is 6.48. The number of benzene rings is 8. The van der Waals surface area contributed by atoms with Crippen molar-refractivity contribution >= 4 is 78.0 Å². The highest BCUT2D eigenvalue weighted by atomic mass is 16.3. The molecule has 3 heterocycles. The second kappa shape index (κ2) is 13.0. The average Bonchev–Trinajstić information content (AvgIpc) is 3.99. The summed E-state index contributed by atoms with van der Waals surface area (Å²) in [6, 6.07) is 64.3. The summed E-state index contributed by atoms with van der Waals surface area (Å²) in [5, 5.41) is 5.68. The van der Waals surface area contributed by atoms with Crippen molar-refractivity contribution in [1.82, 2.24) is 0 Å². The average molecular weight is 746 g/mol. The summed E-state index contributed by atoms with van der Waals surface area (Å²) in [7, 11) is 0. The monoisotopic (exact) mass is 745 g/mol. The molecule has 0 bridgehead atoms. The maximum atomic E-state index is 6.48. The van der Waals surface area contributed by atoms with Crippen molar-refractivity contribution in [2.45, 2.75) is 12.3 Å². The Kier molecular flexibility index (Phi) is 7.32. The Bertz CT molecular complexity index is 3200. The number of allylic oxidation sites excluding steroid dienone is 1. The summed E-state index contributed by atoms with van der Waals surface area (Å²) in [6.45, 7) is 0. The quantitative estimate of drug-likeness (QED) is 0.170. The molecule has 12 rings (SSSR count). The van der Waals surface area contributed by atoms with Gasteiger partial charge in [0, 0.05) is 66.6 Å². The summed E-state index contributed by atoms with van der Waals surface area (Å²) in [5.41, 5.74) is 14.5. The number of rotatable bonds is 6. The maximum Gasteiger partial charge on any atom is 0.143 e. The largest absolute Gasteiger partial charge is 0.460 e. The standard InChI is InChI=1S/C54H35NO3/c1-4-19-49-43(10-1)46-16-7-13-40(52(46)56-49)34-22-28-37(29-23-34)55(38-30-24-35(25-31-38)41-14-8-17-47-44-11-2-5-20-50(44)57-53(41)47)39-32-26-36(27-33-39)42-15-9-18-48-45-12-3-6-21-51(45)58-54(42)48/h1-14,16-33,42H,15H2. The van der Waals surface area contributed by atoms with Crippen molar-refractivity contribution in [3.63, 3.8) is 0 Å². The Balaban J connectivity index is 0.942. The van der Waals surface area contributed by atoms with Crippen LogP contribution in [-0.4, -0.2) is 0 Å². The molecule has 1 unspecified atom stereocenters. The first-order valence-corrected chi connectivity index (χ1v) is 19.8. The molecule has 4 nitrogen and oxygen atoms in total. The third-order valence-electron chi connectivity index (χ3n) is 11.9. The van der Waals surface area contributed by atoms with Gasteiger partial charge in [-0.1, -0.05) is 140 Å². The zero-order chi connectivity index (χ0) is 38.2. The van der Waals surface area contributed by atoms with E-state index in [4.69, 9.17) is 13.3 Å². The van der Waals surface area contributed by atoms with Crippen LogP contribution in [0, 0.1) is 0 Å². The Morgan fingerprint density at radius 2 is 0.845 bits per heavy atom. The zero-order valence-electron chi connectivity index (χ0n) is 31.4. The van der Waals surface area contributed by atoms with Gasteiger partial charge < -0.3 is 18.2 Å². The molecule has 0 spiro atoms. The van der Waals surface area contributed by atoms with Gasteiger partial charge in [0.1, 0.15) is 33.7 Å². The minimum Gasteiger partial charge on any atom is -0.460 e. The molecule has 0 fully saturated rings. The second-order valence-electron chi connectivity index (χ2n) is 15.1. The van der Waals surface area contributed by atoms with E-state index in [1.807, 2.05) is 30.3 Å². The summed E-state index contributed by atoms with van der Waals surface area (Å²) in [6.07, 6.45) is 5.38. The van der Waals surface area contributed by atoms with E-state index in [0.29, 0.717) is 0 Å². The summed E-state index contributed by atoms with van der Waals surface area (Å²) >= 11 is 0. The number of hydrogen-bond acceptors (Lipinski definition) is 4. The highest BCUT2D eigenvalue weighted by Gasteiger charge is 2.26. The zero-order valence-corrected chi connectivity index (χ0v) is 31.4. The van der Waals surface area contributed by atoms with Gasteiger partial charge in [-0.3, -0.25) is 0 Å². The van der Waals surface area contributed by atoms with Gasteiger partial charge >= 0.3 is 0 Å². The molecule has 11 aromatic rings. The summed E-state index contributed by atoms with van der Waals surface area (Å²) in [4.78, 5) is 2.33. The van der Waals surface area contributed by atoms with Crippen molar-refractivity contribution < 1.29 is 13.3 Å². The van der Waals surface area contributed by atoms with Gasteiger partial charge in [0.05, 0.1) is 0 Å². The first-order chi connectivity index (χ1) is 28.7. The van der Waals surface area contributed by atoms with Gasteiger partial charge in [-0.05, 0) is 77.7 Å². The molecule has 0 aliphatic heterocycles. The first kappa shape index (κ1) is 32.7. The van der Waals surface area contributed by atoms with Gasteiger partial charge in [-0.2, -0.15) is 0 Å². The Morgan fingerprint density at radius 3 is 1.38 bits per heavy atom. The van der Waals surface area contributed by atoms with Gasteiger partial charge in [-0.25, -0.2) is 0 Å². The van der Waals surface area contributed by atoms with Crippen LogP contribution in [0.1, 0.15) is 29.2 Å². The summed E-state index contributed by atoms with van der Waals surface area (Å²) < 4.78 is 19.3. The Hall–Kier alpha value is -7.56. The van der Waals surface area contributed by atoms with Crippen molar-refractivity contribution in [2.75, 3.05) is 4.90 Å². The van der Waals surface area contributed by atoms with Gasteiger partial charge in [0.2, 0.25) is 0 Å². The topological polar surface area (TPSA) is 42.7 Å². The number of furan rings is 3. The van der Waals surface area contributed by atoms with E-state index in [2.05, 4.69) is 169 Å². The van der Waals surface area contributed by atoms with Gasteiger partial charge in [-0.15, -0.1) is 0 Å². The predicted molar refractivity (Wildman–Crippen MR) is 238 cm³/mol. The normalized spacial score (nSPS) is 13.9. The number of nitrogens with zero attached hydrogens (tertiary/aromatic N) is 1. The number of para-hydroxylation sites is 5. The molecule has 8 aromatic carbocycles. The van der Waals surface area contributed by atoms with Crippen LogP contribution in [0.25, 0.3) is 83.2 Å². The van der Waals surface area contributed by atoms with Crippen LogP contribution in [0.4, 0.5) is 17.1 Å². The highest BCUT2D eigenvalue weighted by molar-refractivity contribution is 6.10. The molecule has 1 aliphatic rings. The predicted octanol–water partition coefficient (Wildman–Crippen LogP) is 15.6. The molecular formula is C54H35NO3. The number of fused-ring (bicyclic) bond motifs is 9. The van der Waals surface area contributed by atoms with Crippen LogP contribution in [0.3, 0.4) is 0 Å². The SMILES string of the molecule is C1=Cc2c(oc3ccccc23)C(c2ccc(N(c3ccc(-c4cccc5c4oc4ccccc45)cc3)c3ccc(-c4cccc5c4oc4ccccc45)cc3)cc2)C1. The molecule has 3 aromatic heterocycles. The van der Waals surface area contributed by atoms with E-state index >= 15 is 0 Å². The van der Waals surface area contributed by atoms with Crippen LogP contribution < -0.4 is 4.90 Å². The fourth-order valence-electron chi connectivity index (χ4n) is 9.06. The van der Waals surface area contributed by atoms with E-state index < -0.39 is 0 Å². The molecule has 274 valence electrons. The molecule has 1 atom stereocenters. The smallest absolute Gasteiger partial charge is 0.143 e. The molecule has 0 amide bonds. The van der Waals surface area contributed by atoms with E-state index in [0.717, 1.165) is 101 Å². The lowest BCUT2D eigenvalue weighted by Gasteiger charge is -2.27. The lowest BCUT2D eigenvalue weighted by Crippen LogP contribution is -2.10. The lowest BCUT2D eigenvalue weighted by molar-refractivity contribution is 0.517. The fourth-order valence-corrected chi connectivity index (χ4v) is 9.06. The third kappa shape index (κ3) is 5.15. The second-order valence-corrected chi connectivity index (χ2v) is 15.1. The van der Waals surface area contributed by atoms with Crippen LogP contribution in [0.15, 0.2) is 201 Å². The van der Waals surface area contributed by atoms with Crippen molar-refractivity contribution in [3.05, 3.63) is 205 Å². The van der Waals surface area contributed by atoms with Crippen LogP contribution in [0.5, 0.6) is 0 Å². The fraction of sp³-hybridized carbons (Fsp3) is 0.0370. The van der Waals surface area contributed by atoms with E-state index in [9.17, 15) is 0 Å². The molecular weight excluding hydrogens is 711 g/mol. The molecule has 0 saturated carbocycles. The summed E-state index contributed by atoms with van der Waals surface area (Å²) in [5.74, 6) is 1.19. The van der Waals surface area contributed by atoms with E-state index in [-0.39, 0.29) is 5.92 Å². The molecule has 4 heteroatoms. The number of anilines is 3. The third-order valence-corrected chi connectivity index (χ3v) is 11.9. The van der Waals surface area contributed by atoms with Crippen molar-refractivity contribution in [1.29, 1.82) is 0 Å². The lowest BCUT2D eigenvalue weighted by atomic mass is 9.86. The molecule has 58 heavy (non-hydrogen) atoms. The minimum absolute atomic E-state index is 0.149. The number of hydrogen-bond donors (Lipinski definition) is 0. The molecule has 0 radical (unpaired) electrons. The van der Waals surface area contributed by atoms with E-state index in [1.165, 1.54) is 16.5 Å². The van der Waals surface area contributed by atoms with Crippen LogP contribution in [-0.2, 0) is 0 Å². The van der Waals surface area contributed by atoms with Crippen LogP contribution >= 0.6 is 0 Å². The van der Waals surface area contributed by atoms with Gasteiger partial charge in [0.15, 0.2) is 0 Å². The van der Waals surface area contributed by atoms with E-state index in [1.54, 1.807) is 0 Å². The Morgan fingerprint density at radius 1 is 0.397 bits per heavy atom. The highest BCUT2D eigenvalue weighted by Crippen LogP contribution is 2.44.